The second-order valence-electron chi connectivity index (χ2n) is 4.55. The minimum atomic E-state index is -3.09. The van der Waals surface area contributed by atoms with Crippen molar-refractivity contribution in [3.63, 3.8) is 0 Å². The third-order valence-electron chi connectivity index (χ3n) is 3.11. The van der Waals surface area contributed by atoms with Gasteiger partial charge in [-0.05, 0) is 0 Å². The fourth-order valence-corrected chi connectivity index (χ4v) is 2.69. The summed E-state index contributed by atoms with van der Waals surface area (Å²) in [6.07, 6.45) is 3.20. The van der Waals surface area contributed by atoms with Crippen LogP contribution in [0.4, 0.5) is 0 Å². The van der Waals surface area contributed by atoms with Crippen molar-refractivity contribution in [2.75, 3.05) is 37.7 Å². The molecule has 1 heterocycles. The van der Waals surface area contributed by atoms with Gasteiger partial charge >= 0.3 is 0 Å². The Balaban J connectivity index is 2.49. The zero-order valence-electron chi connectivity index (χ0n) is 11.9. The van der Waals surface area contributed by atoms with Crippen molar-refractivity contribution in [1.82, 2.24) is 9.80 Å². The molecule has 0 saturated carbocycles. The number of hydrogen-bond donors (Lipinski definition) is 0. The normalized spacial score (nSPS) is 18.3. The van der Waals surface area contributed by atoms with Crippen LogP contribution in [0.15, 0.2) is 23.2 Å². The van der Waals surface area contributed by atoms with E-state index in [1.54, 1.807) is 26.2 Å². The summed E-state index contributed by atoms with van der Waals surface area (Å²) in [5, 5.41) is 2.47. The topological polar surface area (TPSA) is 74.8 Å². The maximum absolute atomic E-state index is 11.4. The highest BCUT2D eigenvalue weighted by molar-refractivity contribution is 7.94. The van der Waals surface area contributed by atoms with E-state index in [1.165, 1.54) is 10.8 Å². The average Bonchev–Trinajstić information content (AvgIpc) is 2.44. The van der Waals surface area contributed by atoms with Gasteiger partial charge in [-0.1, -0.05) is 13.8 Å². The van der Waals surface area contributed by atoms with E-state index in [9.17, 15) is 16.8 Å². The third-order valence-corrected chi connectivity index (χ3v) is 5.79. The number of hydrogen-bond acceptors (Lipinski definition) is 6. The highest BCUT2D eigenvalue weighted by Crippen LogP contribution is 2.05. The Morgan fingerprint density at radius 2 is 1.05 bits per heavy atom. The summed E-state index contributed by atoms with van der Waals surface area (Å²) in [6, 6.07) is 0. The zero-order valence-corrected chi connectivity index (χ0v) is 13.5. The standard InChI is InChI=1S/C12H22N2O4S2/c1-3-19(15,16)11-9-13-5-7-14(8-6-13)10-12-20(17,18)4-2/h9-12H,3-8H2,1-2H3. The van der Waals surface area contributed by atoms with Crippen LogP contribution in [-0.2, 0) is 19.7 Å². The molecular weight excluding hydrogens is 300 g/mol. The van der Waals surface area contributed by atoms with Crippen LogP contribution in [0.2, 0.25) is 0 Å². The SMILES string of the molecule is CCS(=O)(=O)C=CN1CCN(C=CS(=O)(=O)CC)CC1. The Kier molecular flexibility index (Phi) is 6.07. The minimum Gasteiger partial charge on any atom is -0.373 e. The van der Waals surface area contributed by atoms with Gasteiger partial charge in [-0.3, -0.25) is 0 Å². The number of sulfone groups is 2. The lowest BCUT2D eigenvalue weighted by molar-refractivity contribution is 0.219. The summed E-state index contributed by atoms with van der Waals surface area (Å²) in [4.78, 5) is 3.84. The van der Waals surface area contributed by atoms with Crippen molar-refractivity contribution in [1.29, 1.82) is 0 Å². The van der Waals surface area contributed by atoms with E-state index < -0.39 is 19.7 Å². The van der Waals surface area contributed by atoms with Crippen LogP contribution in [0.1, 0.15) is 13.8 Å². The van der Waals surface area contributed by atoms with E-state index in [-0.39, 0.29) is 11.5 Å². The molecule has 116 valence electrons. The first kappa shape index (κ1) is 17.0. The molecule has 0 aromatic rings. The predicted octanol–water partition coefficient (Wildman–Crippen LogP) is 0.416. The van der Waals surface area contributed by atoms with Gasteiger partial charge in [0.1, 0.15) is 0 Å². The molecule has 8 heteroatoms. The largest absolute Gasteiger partial charge is 0.373 e. The van der Waals surface area contributed by atoms with Gasteiger partial charge in [0.25, 0.3) is 0 Å². The quantitative estimate of drug-likeness (QED) is 0.705. The highest BCUT2D eigenvalue weighted by atomic mass is 32.2. The van der Waals surface area contributed by atoms with E-state index in [0.29, 0.717) is 26.2 Å². The van der Waals surface area contributed by atoms with Crippen LogP contribution in [0, 0.1) is 0 Å². The molecule has 1 saturated heterocycles. The van der Waals surface area contributed by atoms with Crippen molar-refractivity contribution >= 4 is 19.7 Å². The smallest absolute Gasteiger partial charge is 0.172 e. The van der Waals surface area contributed by atoms with Gasteiger partial charge in [-0.2, -0.15) is 0 Å². The Hall–Kier alpha value is -1.02. The summed E-state index contributed by atoms with van der Waals surface area (Å²) in [7, 11) is -6.19. The fraction of sp³-hybridized carbons (Fsp3) is 0.667. The summed E-state index contributed by atoms with van der Waals surface area (Å²) in [6.45, 7) is 5.91. The van der Waals surface area contributed by atoms with E-state index in [2.05, 4.69) is 0 Å². The molecule has 0 bridgehead atoms. The monoisotopic (exact) mass is 322 g/mol. The minimum absolute atomic E-state index is 0.0983. The Bertz CT molecular complexity index is 504. The van der Waals surface area contributed by atoms with Crippen LogP contribution >= 0.6 is 0 Å². The fourth-order valence-electron chi connectivity index (χ4n) is 1.59. The Morgan fingerprint density at radius 3 is 1.30 bits per heavy atom. The van der Waals surface area contributed by atoms with Gasteiger partial charge in [0, 0.05) is 49.4 Å². The maximum atomic E-state index is 11.4. The molecule has 1 fully saturated rings. The summed E-state index contributed by atoms with van der Waals surface area (Å²) in [5.41, 5.74) is 0. The van der Waals surface area contributed by atoms with E-state index in [0.717, 1.165) is 0 Å². The zero-order chi connectivity index (χ0) is 15.2. The third kappa shape index (κ3) is 5.96. The molecule has 1 aliphatic rings. The lowest BCUT2D eigenvalue weighted by Crippen LogP contribution is -2.41. The van der Waals surface area contributed by atoms with Crippen LogP contribution in [-0.4, -0.2) is 64.3 Å². The van der Waals surface area contributed by atoms with Crippen molar-refractivity contribution in [2.45, 2.75) is 13.8 Å². The van der Waals surface area contributed by atoms with Gasteiger partial charge in [0.05, 0.1) is 11.5 Å². The van der Waals surface area contributed by atoms with Gasteiger partial charge in [-0.15, -0.1) is 0 Å². The predicted molar refractivity (Wildman–Crippen MR) is 80.3 cm³/mol. The van der Waals surface area contributed by atoms with Gasteiger partial charge in [0.15, 0.2) is 19.7 Å². The first-order valence-corrected chi connectivity index (χ1v) is 10.0. The van der Waals surface area contributed by atoms with Crippen molar-refractivity contribution in [3.8, 4) is 0 Å². The van der Waals surface area contributed by atoms with Gasteiger partial charge < -0.3 is 9.80 Å². The lowest BCUT2D eigenvalue weighted by atomic mass is 10.3. The van der Waals surface area contributed by atoms with E-state index >= 15 is 0 Å². The molecule has 0 radical (unpaired) electrons. The van der Waals surface area contributed by atoms with Gasteiger partial charge in [-0.25, -0.2) is 16.8 Å². The molecule has 0 atom stereocenters. The van der Waals surface area contributed by atoms with Gasteiger partial charge in [0.2, 0.25) is 0 Å². The molecule has 0 N–H and O–H groups in total. The first-order valence-electron chi connectivity index (χ1n) is 6.58. The summed E-state index contributed by atoms with van der Waals surface area (Å²) >= 11 is 0. The van der Waals surface area contributed by atoms with Crippen LogP contribution in [0.3, 0.4) is 0 Å². The molecule has 0 spiro atoms. The molecule has 0 aromatic carbocycles. The molecule has 1 aliphatic heterocycles. The van der Waals surface area contributed by atoms with Crippen LogP contribution in [0.25, 0.3) is 0 Å². The molecule has 0 unspecified atom stereocenters. The van der Waals surface area contributed by atoms with Crippen molar-refractivity contribution in [2.24, 2.45) is 0 Å². The second-order valence-corrected chi connectivity index (χ2v) is 8.90. The molecule has 20 heavy (non-hydrogen) atoms. The second kappa shape index (κ2) is 7.12. The summed E-state index contributed by atoms with van der Waals surface area (Å²) in [5.74, 6) is 0.197. The number of rotatable bonds is 6. The molecule has 0 aromatic heterocycles. The molecule has 0 amide bonds. The Labute approximate surface area is 121 Å². The maximum Gasteiger partial charge on any atom is 0.172 e. The van der Waals surface area contributed by atoms with Crippen molar-refractivity contribution in [3.05, 3.63) is 23.2 Å². The molecular formula is C12H22N2O4S2. The van der Waals surface area contributed by atoms with E-state index in [1.807, 2.05) is 9.80 Å². The first-order chi connectivity index (χ1) is 9.28. The van der Waals surface area contributed by atoms with Crippen LogP contribution in [0.5, 0.6) is 0 Å². The summed E-state index contributed by atoms with van der Waals surface area (Å²) < 4.78 is 45.4. The van der Waals surface area contributed by atoms with Crippen molar-refractivity contribution < 1.29 is 16.8 Å². The highest BCUT2D eigenvalue weighted by Gasteiger charge is 2.13. The molecule has 6 nitrogen and oxygen atoms in total. The molecule has 0 aliphatic carbocycles. The van der Waals surface area contributed by atoms with E-state index in [4.69, 9.17) is 0 Å². The van der Waals surface area contributed by atoms with Crippen LogP contribution < -0.4 is 0 Å². The lowest BCUT2D eigenvalue weighted by Gasteiger charge is -2.33. The Morgan fingerprint density at radius 1 is 0.750 bits per heavy atom. The average molecular weight is 322 g/mol. The number of nitrogens with zero attached hydrogens (tertiary/aromatic N) is 2. The number of piperazine rings is 1. The molecule has 1 rings (SSSR count).